The van der Waals surface area contributed by atoms with Gasteiger partial charge in [0.2, 0.25) is 0 Å². The minimum absolute atomic E-state index is 0.0987. The van der Waals surface area contributed by atoms with Crippen LogP contribution in [0.1, 0.15) is 43.7 Å². The number of benzene rings is 2. The molecule has 0 spiro atoms. The van der Waals surface area contributed by atoms with Crippen molar-refractivity contribution in [3.05, 3.63) is 53.6 Å². The van der Waals surface area contributed by atoms with Gasteiger partial charge in [0.05, 0.1) is 19.3 Å². The Kier molecular flexibility index (Phi) is 10.6. The van der Waals surface area contributed by atoms with Crippen molar-refractivity contribution in [1.29, 1.82) is 5.26 Å². The summed E-state index contributed by atoms with van der Waals surface area (Å²) in [7, 11) is 1.64. The molecule has 2 aromatic carbocycles. The molecule has 0 saturated carbocycles. The maximum absolute atomic E-state index is 10.2. The van der Waals surface area contributed by atoms with Gasteiger partial charge < -0.3 is 24.6 Å². The molecule has 1 atom stereocenters. The zero-order valence-corrected chi connectivity index (χ0v) is 17.9. The third-order valence-electron chi connectivity index (χ3n) is 4.64. The molecule has 2 N–H and O–H groups in total. The van der Waals surface area contributed by atoms with E-state index in [1.807, 2.05) is 24.3 Å². The number of nitriles is 1. The van der Waals surface area contributed by atoms with E-state index in [4.69, 9.17) is 14.2 Å². The first kappa shape index (κ1) is 23.5. The fourth-order valence-corrected chi connectivity index (χ4v) is 2.90. The van der Waals surface area contributed by atoms with Gasteiger partial charge in [-0.15, -0.1) is 0 Å². The van der Waals surface area contributed by atoms with Crippen molar-refractivity contribution in [1.82, 2.24) is 5.32 Å². The van der Waals surface area contributed by atoms with Gasteiger partial charge in [-0.05, 0) is 36.2 Å². The van der Waals surface area contributed by atoms with E-state index in [2.05, 4.69) is 18.3 Å². The van der Waals surface area contributed by atoms with Gasteiger partial charge >= 0.3 is 0 Å². The highest BCUT2D eigenvalue weighted by molar-refractivity contribution is 5.47. The van der Waals surface area contributed by atoms with Crippen LogP contribution in [-0.2, 0) is 6.54 Å². The lowest BCUT2D eigenvalue weighted by atomic mass is 10.2. The Balaban J connectivity index is 1.73. The number of aliphatic hydroxyl groups is 1. The average molecular weight is 413 g/mol. The fraction of sp³-hybridized carbons (Fsp3) is 0.458. The van der Waals surface area contributed by atoms with Crippen LogP contribution in [0.3, 0.4) is 0 Å². The number of methoxy groups -OCH3 is 1. The molecule has 0 aliphatic rings. The van der Waals surface area contributed by atoms with Gasteiger partial charge in [-0.3, -0.25) is 0 Å². The van der Waals surface area contributed by atoms with Gasteiger partial charge in [0.15, 0.2) is 0 Å². The summed E-state index contributed by atoms with van der Waals surface area (Å²) in [6.45, 7) is 3.93. The van der Waals surface area contributed by atoms with Crippen molar-refractivity contribution in [2.45, 2.75) is 45.3 Å². The van der Waals surface area contributed by atoms with Crippen molar-refractivity contribution >= 4 is 0 Å². The molecule has 0 amide bonds. The zero-order chi connectivity index (χ0) is 21.6. The van der Waals surface area contributed by atoms with E-state index in [0.29, 0.717) is 36.8 Å². The molecule has 1 unspecified atom stereocenters. The molecule has 0 heterocycles. The summed E-state index contributed by atoms with van der Waals surface area (Å²) < 4.78 is 16.5. The number of rotatable bonds is 14. The Bertz CT molecular complexity index is 787. The molecule has 0 aromatic heterocycles. The van der Waals surface area contributed by atoms with Crippen molar-refractivity contribution in [3.63, 3.8) is 0 Å². The molecule has 0 aliphatic carbocycles. The van der Waals surface area contributed by atoms with E-state index in [1.54, 1.807) is 25.3 Å². The molecule has 0 fully saturated rings. The van der Waals surface area contributed by atoms with Crippen LogP contribution in [0.15, 0.2) is 42.5 Å². The molecule has 0 saturated heterocycles. The smallest absolute Gasteiger partial charge is 0.137 e. The summed E-state index contributed by atoms with van der Waals surface area (Å²) in [6, 6.07) is 15.1. The van der Waals surface area contributed by atoms with Crippen LogP contribution in [-0.4, -0.2) is 38.1 Å². The highest BCUT2D eigenvalue weighted by Gasteiger charge is 2.10. The molecule has 162 valence electrons. The number of hydrogen-bond donors (Lipinski definition) is 2. The second-order valence-electron chi connectivity index (χ2n) is 7.12. The molecule has 0 bridgehead atoms. The van der Waals surface area contributed by atoms with Crippen LogP contribution >= 0.6 is 0 Å². The summed E-state index contributed by atoms with van der Waals surface area (Å²) in [5, 5.41) is 22.7. The van der Waals surface area contributed by atoms with Gasteiger partial charge in [-0.1, -0.05) is 38.3 Å². The summed E-state index contributed by atoms with van der Waals surface area (Å²) >= 11 is 0. The van der Waals surface area contributed by atoms with Gasteiger partial charge in [-0.2, -0.15) is 5.26 Å². The SMILES string of the molecule is CCCCCCOc1ccc(OCC(O)CNCc2ccc(OC)cc2)c(C#N)c1. The average Bonchev–Trinajstić information content (AvgIpc) is 2.78. The van der Waals surface area contributed by atoms with Crippen molar-refractivity contribution in [3.8, 4) is 23.3 Å². The van der Waals surface area contributed by atoms with E-state index in [0.717, 1.165) is 24.2 Å². The lowest BCUT2D eigenvalue weighted by Crippen LogP contribution is -2.31. The molecule has 2 rings (SSSR count). The number of nitrogens with one attached hydrogen (secondary N) is 1. The van der Waals surface area contributed by atoms with E-state index >= 15 is 0 Å². The van der Waals surface area contributed by atoms with Gasteiger partial charge in [0.1, 0.15) is 36.0 Å². The molecule has 0 radical (unpaired) electrons. The summed E-state index contributed by atoms with van der Waals surface area (Å²) in [5.41, 5.74) is 1.50. The molecule has 0 aliphatic heterocycles. The van der Waals surface area contributed by atoms with E-state index in [9.17, 15) is 10.4 Å². The quantitative estimate of drug-likeness (QED) is 0.455. The third kappa shape index (κ3) is 8.32. The number of aliphatic hydroxyl groups excluding tert-OH is 1. The lowest BCUT2D eigenvalue weighted by Gasteiger charge is -2.15. The Labute approximate surface area is 179 Å². The Morgan fingerprint density at radius 3 is 2.50 bits per heavy atom. The van der Waals surface area contributed by atoms with Crippen LogP contribution in [0.4, 0.5) is 0 Å². The number of unbranched alkanes of at least 4 members (excludes halogenated alkanes) is 3. The van der Waals surface area contributed by atoms with Crippen LogP contribution in [0.25, 0.3) is 0 Å². The molecule has 6 nitrogen and oxygen atoms in total. The van der Waals surface area contributed by atoms with Crippen molar-refractivity contribution in [2.75, 3.05) is 26.9 Å². The second-order valence-corrected chi connectivity index (χ2v) is 7.12. The van der Waals surface area contributed by atoms with Gasteiger partial charge in [-0.25, -0.2) is 0 Å². The van der Waals surface area contributed by atoms with Gasteiger partial charge in [0.25, 0.3) is 0 Å². The van der Waals surface area contributed by atoms with E-state index in [-0.39, 0.29) is 6.61 Å². The lowest BCUT2D eigenvalue weighted by molar-refractivity contribution is 0.106. The topological polar surface area (TPSA) is 83.7 Å². The van der Waals surface area contributed by atoms with Crippen molar-refractivity contribution < 1.29 is 19.3 Å². The predicted molar refractivity (Wildman–Crippen MR) is 117 cm³/mol. The molecule has 6 heteroatoms. The zero-order valence-electron chi connectivity index (χ0n) is 17.9. The highest BCUT2D eigenvalue weighted by atomic mass is 16.5. The monoisotopic (exact) mass is 412 g/mol. The maximum atomic E-state index is 10.2. The van der Waals surface area contributed by atoms with Crippen LogP contribution in [0, 0.1) is 11.3 Å². The third-order valence-corrected chi connectivity index (χ3v) is 4.64. The minimum Gasteiger partial charge on any atom is -0.497 e. The Morgan fingerprint density at radius 1 is 1.03 bits per heavy atom. The molecule has 30 heavy (non-hydrogen) atoms. The maximum Gasteiger partial charge on any atom is 0.137 e. The number of ether oxygens (including phenoxy) is 3. The van der Waals surface area contributed by atoms with E-state index < -0.39 is 6.10 Å². The molecule has 2 aromatic rings. The normalized spacial score (nSPS) is 11.5. The standard InChI is InChI=1S/C24H32N2O4/c1-3-4-5-6-13-29-23-11-12-24(20(14-23)15-25)30-18-21(27)17-26-16-19-7-9-22(28-2)10-8-19/h7-12,14,21,26-27H,3-6,13,16-18H2,1-2H3. The molecular weight excluding hydrogens is 380 g/mol. The summed E-state index contributed by atoms with van der Waals surface area (Å²) in [4.78, 5) is 0. The second kappa shape index (κ2) is 13.5. The predicted octanol–water partition coefficient (Wildman–Crippen LogP) is 4.06. The summed E-state index contributed by atoms with van der Waals surface area (Å²) in [6.07, 6.45) is 3.85. The highest BCUT2D eigenvalue weighted by Crippen LogP contribution is 2.24. The Morgan fingerprint density at radius 2 is 1.80 bits per heavy atom. The van der Waals surface area contributed by atoms with E-state index in [1.165, 1.54) is 12.8 Å². The number of nitrogens with zero attached hydrogens (tertiary/aromatic N) is 1. The van der Waals surface area contributed by atoms with Gasteiger partial charge in [0, 0.05) is 19.2 Å². The first-order chi connectivity index (χ1) is 14.7. The first-order valence-electron chi connectivity index (χ1n) is 10.5. The molecular formula is C24H32N2O4. The fourth-order valence-electron chi connectivity index (χ4n) is 2.90. The van der Waals surface area contributed by atoms with Crippen LogP contribution < -0.4 is 19.5 Å². The minimum atomic E-state index is -0.690. The Hall–Kier alpha value is -2.75. The largest absolute Gasteiger partial charge is 0.497 e. The van der Waals surface area contributed by atoms with Crippen LogP contribution in [0.5, 0.6) is 17.2 Å². The van der Waals surface area contributed by atoms with Crippen molar-refractivity contribution in [2.24, 2.45) is 0 Å². The summed E-state index contributed by atoms with van der Waals surface area (Å²) in [5.74, 6) is 1.93. The number of hydrogen-bond acceptors (Lipinski definition) is 6. The van der Waals surface area contributed by atoms with Crippen LogP contribution in [0.2, 0.25) is 0 Å². The first-order valence-corrected chi connectivity index (χ1v) is 10.5.